The first-order valence-corrected chi connectivity index (χ1v) is 10.8. The van der Waals surface area contributed by atoms with Crippen LogP contribution >= 0.6 is 23.1 Å². The fraction of sp³-hybridized carbons (Fsp3) is 0.667. The molecule has 0 aromatic carbocycles. The predicted molar refractivity (Wildman–Crippen MR) is 105 cm³/mol. The zero-order valence-corrected chi connectivity index (χ0v) is 17.1. The van der Waals surface area contributed by atoms with E-state index in [1.54, 1.807) is 11.8 Å². The van der Waals surface area contributed by atoms with Crippen LogP contribution in [0.25, 0.3) is 10.2 Å². The highest BCUT2D eigenvalue weighted by Crippen LogP contribution is 2.42. The van der Waals surface area contributed by atoms with Gasteiger partial charge in [-0.25, -0.2) is 9.97 Å². The number of hydrogen-bond acceptors (Lipinski definition) is 6. The Morgan fingerprint density at radius 1 is 1.24 bits per heavy atom. The predicted octanol–water partition coefficient (Wildman–Crippen LogP) is 2.43. The SMILES string of the molecule is CC(C)Sc1nc(N2CC[NH2+]CC2)c2sc3c(c2n1)COC(C)(C)C3. The Bertz CT molecular complexity index is 781. The Hall–Kier alpha value is -0.890. The Morgan fingerprint density at radius 2 is 2.00 bits per heavy atom. The second kappa shape index (κ2) is 6.68. The van der Waals surface area contributed by atoms with E-state index in [2.05, 4.69) is 37.9 Å². The molecule has 4 rings (SSSR count). The van der Waals surface area contributed by atoms with Crippen LogP contribution in [0.2, 0.25) is 0 Å². The first-order chi connectivity index (χ1) is 11.9. The van der Waals surface area contributed by atoms with Crippen LogP contribution in [0.5, 0.6) is 0 Å². The fourth-order valence-corrected chi connectivity index (χ4v) is 5.65. The second-order valence-electron chi connectivity index (χ2n) is 7.76. The van der Waals surface area contributed by atoms with Gasteiger partial charge in [-0.2, -0.15) is 0 Å². The van der Waals surface area contributed by atoms with Gasteiger partial charge in [0.1, 0.15) is 0 Å². The van der Waals surface area contributed by atoms with Crippen molar-refractivity contribution in [2.45, 2.75) is 56.7 Å². The molecule has 0 bridgehead atoms. The lowest BCUT2D eigenvalue weighted by Gasteiger charge is -2.29. The molecule has 1 saturated heterocycles. The van der Waals surface area contributed by atoms with Crippen molar-refractivity contribution in [3.63, 3.8) is 0 Å². The molecule has 0 saturated carbocycles. The summed E-state index contributed by atoms with van der Waals surface area (Å²) in [5.74, 6) is 1.14. The van der Waals surface area contributed by atoms with Gasteiger partial charge in [-0.1, -0.05) is 25.6 Å². The zero-order valence-electron chi connectivity index (χ0n) is 15.5. The van der Waals surface area contributed by atoms with Crippen molar-refractivity contribution in [2.75, 3.05) is 31.1 Å². The third-order valence-electron chi connectivity index (χ3n) is 4.72. The molecule has 2 N–H and O–H groups in total. The summed E-state index contributed by atoms with van der Waals surface area (Å²) in [6, 6.07) is 0. The zero-order chi connectivity index (χ0) is 17.6. The number of aromatic nitrogens is 2. The molecule has 2 aromatic rings. The molecular formula is C18H27N4OS2+. The van der Waals surface area contributed by atoms with E-state index in [0.717, 1.165) is 49.1 Å². The third kappa shape index (κ3) is 3.52. The van der Waals surface area contributed by atoms with Gasteiger partial charge in [-0.3, -0.25) is 0 Å². The monoisotopic (exact) mass is 379 g/mol. The summed E-state index contributed by atoms with van der Waals surface area (Å²) in [6.45, 7) is 13.8. The van der Waals surface area contributed by atoms with Crippen LogP contribution in [0, 0.1) is 0 Å². The van der Waals surface area contributed by atoms with Crippen LogP contribution < -0.4 is 10.2 Å². The average molecular weight is 380 g/mol. The Kier molecular flexibility index (Phi) is 4.68. The number of hydrogen-bond donors (Lipinski definition) is 1. The quantitative estimate of drug-likeness (QED) is 0.656. The summed E-state index contributed by atoms with van der Waals surface area (Å²) >= 11 is 3.64. The van der Waals surface area contributed by atoms with Crippen molar-refractivity contribution >= 4 is 39.1 Å². The lowest BCUT2D eigenvalue weighted by molar-refractivity contribution is -0.655. The van der Waals surface area contributed by atoms with E-state index in [1.165, 1.54) is 15.1 Å². The summed E-state index contributed by atoms with van der Waals surface area (Å²) in [5.41, 5.74) is 2.33. The highest BCUT2D eigenvalue weighted by Gasteiger charge is 2.31. The van der Waals surface area contributed by atoms with E-state index in [-0.39, 0.29) is 5.60 Å². The summed E-state index contributed by atoms with van der Waals surface area (Å²) < 4.78 is 7.34. The molecule has 0 radical (unpaired) electrons. The summed E-state index contributed by atoms with van der Waals surface area (Å²) in [6.07, 6.45) is 0.962. The molecule has 136 valence electrons. The molecule has 7 heteroatoms. The van der Waals surface area contributed by atoms with E-state index in [0.29, 0.717) is 11.9 Å². The lowest BCUT2D eigenvalue weighted by Crippen LogP contribution is -2.89. The molecular weight excluding hydrogens is 352 g/mol. The number of fused-ring (bicyclic) bond motifs is 3. The number of anilines is 1. The number of nitrogens with zero attached hydrogens (tertiary/aromatic N) is 3. The van der Waals surface area contributed by atoms with Crippen molar-refractivity contribution in [3.8, 4) is 0 Å². The van der Waals surface area contributed by atoms with Crippen LogP contribution in [-0.4, -0.2) is 47.0 Å². The van der Waals surface area contributed by atoms with Gasteiger partial charge in [-0.15, -0.1) is 11.3 Å². The molecule has 2 aromatic heterocycles. The van der Waals surface area contributed by atoms with Crippen LogP contribution in [0.4, 0.5) is 5.82 Å². The normalized spacial score (nSPS) is 20.3. The summed E-state index contributed by atoms with van der Waals surface area (Å²) in [4.78, 5) is 13.8. The third-order valence-corrected chi connectivity index (χ3v) is 6.80. The molecule has 0 unspecified atom stereocenters. The van der Waals surface area contributed by atoms with Gasteiger partial charge in [0.05, 0.1) is 48.6 Å². The second-order valence-corrected chi connectivity index (χ2v) is 10.4. The first-order valence-electron chi connectivity index (χ1n) is 9.12. The molecule has 5 nitrogen and oxygen atoms in total. The minimum Gasteiger partial charge on any atom is -0.370 e. The van der Waals surface area contributed by atoms with Gasteiger partial charge in [0.2, 0.25) is 0 Å². The molecule has 0 amide bonds. The number of piperazine rings is 1. The number of thioether (sulfide) groups is 1. The van der Waals surface area contributed by atoms with Gasteiger partial charge in [0.25, 0.3) is 0 Å². The van der Waals surface area contributed by atoms with Crippen LogP contribution in [0.3, 0.4) is 0 Å². The standard InChI is InChI=1S/C18H26N4OS2/c1-11(2)24-17-20-14-12-10-23-18(3,4)9-13(12)25-15(14)16(21-17)22-7-5-19-6-8-22/h11,19H,5-10H2,1-4H3/p+1. The van der Waals surface area contributed by atoms with Crippen molar-refractivity contribution < 1.29 is 10.1 Å². The van der Waals surface area contributed by atoms with Gasteiger partial charge in [0, 0.05) is 22.1 Å². The largest absolute Gasteiger partial charge is 0.370 e. The van der Waals surface area contributed by atoms with E-state index >= 15 is 0 Å². The van der Waals surface area contributed by atoms with Crippen LogP contribution in [0.1, 0.15) is 38.1 Å². The maximum absolute atomic E-state index is 6.09. The Balaban J connectivity index is 1.85. The highest BCUT2D eigenvalue weighted by atomic mass is 32.2. The molecule has 0 spiro atoms. The van der Waals surface area contributed by atoms with Crippen LogP contribution in [0.15, 0.2) is 5.16 Å². The molecule has 2 aliphatic rings. The van der Waals surface area contributed by atoms with Crippen molar-refractivity contribution in [1.82, 2.24) is 9.97 Å². The Morgan fingerprint density at radius 3 is 2.72 bits per heavy atom. The number of quaternary nitrogens is 1. The van der Waals surface area contributed by atoms with Crippen molar-refractivity contribution in [3.05, 3.63) is 10.4 Å². The summed E-state index contributed by atoms with van der Waals surface area (Å²) in [7, 11) is 0. The first kappa shape index (κ1) is 17.5. The van der Waals surface area contributed by atoms with Crippen LogP contribution in [-0.2, 0) is 17.8 Å². The van der Waals surface area contributed by atoms with Gasteiger partial charge < -0.3 is 15.0 Å². The molecule has 1 fully saturated rings. The maximum Gasteiger partial charge on any atom is 0.190 e. The average Bonchev–Trinajstić information content (AvgIpc) is 2.90. The van der Waals surface area contributed by atoms with Gasteiger partial charge in [0.15, 0.2) is 11.0 Å². The van der Waals surface area contributed by atoms with E-state index in [4.69, 9.17) is 14.7 Å². The van der Waals surface area contributed by atoms with E-state index in [1.807, 2.05) is 11.3 Å². The number of thiophene rings is 1. The fourth-order valence-electron chi connectivity index (χ4n) is 3.47. The molecule has 2 aliphatic heterocycles. The molecule has 0 atom stereocenters. The van der Waals surface area contributed by atoms with Crippen molar-refractivity contribution in [1.29, 1.82) is 0 Å². The number of rotatable bonds is 3. The maximum atomic E-state index is 6.09. The molecule has 4 heterocycles. The molecule has 0 aliphatic carbocycles. The molecule has 25 heavy (non-hydrogen) atoms. The van der Waals surface area contributed by atoms with E-state index < -0.39 is 0 Å². The lowest BCUT2D eigenvalue weighted by atomic mass is 9.98. The number of ether oxygens (including phenoxy) is 1. The topological polar surface area (TPSA) is 54.9 Å². The van der Waals surface area contributed by atoms with E-state index in [9.17, 15) is 0 Å². The van der Waals surface area contributed by atoms with Gasteiger partial charge >= 0.3 is 0 Å². The summed E-state index contributed by atoms with van der Waals surface area (Å²) in [5, 5.41) is 3.76. The van der Waals surface area contributed by atoms with Gasteiger partial charge in [-0.05, 0) is 13.8 Å². The van der Waals surface area contributed by atoms with Crippen molar-refractivity contribution in [2.24, 2.45) is 0 Å². The number of nitrogens with two attached hydrogens (primary N) is 1. The Labute approximate surface area is 157 Å². The minimum absolute atomic E-state index is 0.0862. The highest BCUT2D eigenvalue weighted by molar-refractivity contribution is 7.99. The minimum atomic E-state index is -0.0862. The smallest absolute Gasteiger partial charge is 0.190 e.